The summed E-state index contributed by atoms with van der Waals surface area (Å²) in [7, 11) is -2.83. The zero-order valence-electron chi connectivity index (χ0n) is 10.8. The zero-order chi connectivity index (χ0) is 12.9. The maximum atomic E-state index is 11.3. The van der Waals surface area contributed by atoms with E-state index in [1.165, 1.54) is 11.1 Å². The topological polar surface area (TPSA) is 46.2 Å². The smallest absolute Gasteiger partial charge is 0.150 e. The van der Waals surface area contributed by atoms with Gasteiger partial charge in [0, 0.05) is 18.0 Å². The van der Waals surface area contributed by atoms with Crippen LogP contribution in [-0.2, 0) is 9.84 Å². The van der Waals surface area contributed by atoms with Gasteiger partial charge in [0.25, 0.3) is 0 Å². The van der Waals surface area contributed by atoms with Crippen LogP contribution in [0.25, 0.3) is 0 Å². The number of hydrogen-bond donors (Lipinski definition) is 1. The third kappa shape index (κ3) is 4.38. The molecule has 0 spiro atoms. The van der Waals surface area contributed by atoms with E-state index >= 15 is 0 Å². The van der Waals surface area contributed by atoms with Crippen molar-refractivity contribution < 1.29 is 8.42 Å². The van der Waals surface area contributed by atoms with Crippen molar-refractivity contribution in [2.24, 2.45) is 0 Å². The number of benzene rings is 1. The minimum absolute atomic E-state index is 0.233. The fraction of sp³-hybridized carbons (Fsp3) is 0.538. The predicted molar refractivity (Wildman–Crippen MR) is 73.4 cm³/mol. The molecule has 0 aliphatic carbocycles. The first-order chi connectivity index (χ1) is 7.96. The second kappa shape index (κ2) is 6.05. The largest absolute Gasteiger partial charge is 0.385 e. The van der Waals surface area contributed by atoms with E-state index in [1.54, 1.807) is 6.92 Å². The van der Waals surface area contributed by atoms with Gasteiger partial charge in [-0.05, 0) is 31.4 Å². The number of nitrogens with one attached hydrogen (secondary N) is 1. The van der Waals surface area contributed by atoms with Gasteiger partial charge < -0.3 is 5.32 Å². The minimum atomic E-state index is -2.83. The molecule has 3 nitrogen and oxygen atoms in total. The molecule has 1 aromatic rings. The van der Waals surface area contributed by atoms with Crippen LogP contribution in [0.1, 0.15) is 24.5 Å². The van der Waals surface area contributed by atoms with Crippen LogP contribution in [0.3, 0.4) is 0 Å². The van der Waals surface area contributed by atoms with E-state index in [9.17, 15) is 8.42 Å². The molecule has 96 valence electrons. The molecule has 0 radical (unpaired) electrons. The highest BCUT2D eigenvalue weighted by atomic mass is 32.2. The van der Waals surface area contributed by atoms with Gasteiger partial charge in [-0.3, -0.25) is 0 Å². The van der Waals surface area contributed by atoms with Crippen molar-refractivity contribution >= 4 is 15.5 Å². The highest BCUT2D eigenvalue weighted by molar-refractivity contribution is 7.91. The third-order valence-electron chi connectivity index (χ3n) is 2.85. The van der Waals surface area contributed by atoms with Crippen molar-refractivity contribution in [2.45, 2.75) is 27.2 Å². The molecular formula is C13H21NO2S. The van der Waals surface area contributed by atoms with E-state index in [2.05, 4.69) is 31.3 Å². The molecular weight excluding hydrogens is 234 g/mol. The Morgan fingerprint density at radius 3 is 2.29 bits per heavy atom. The Balaban J connectivity index is 2.47. The number of anilines is 1. The Morgan fingerprint density at radius 1 is 1.18 bits per heavy atom. The van der Waals surface area contributed by atoms with Gasteiger partial charge in [-0.15, -0.1) is 0 Å². The molecule has 1 rings (SSSR count). The summed E-state index contributed by atoms with van der Waals surface area (Å²) in [5.41, 5.74) is 3.52. The van der Waals surface area contributed by atoms with Crippen molar-refractivity contribution in [3.63, 3.8) is 0 Å². The second-order valence-corrected chi connectivity index (χ2v) is 6.76. The third-order valence-corrected chi connectivity index (χ3v) is 4.65. The summed E-state index contributed by atoms with van der Waals surface area (Å²) in [6, 6.07) is 6.13. The number of hydrogen-bond acceptors (Lipinski definition) is 3. The summed E-state index contributed by atoms with van der Waals surface area (Å²) >= 11 is 0. The fourth-order valence-electron chi connectivity index (χ4n) is 1.74. The van der Waals surface area contributed by atoms with Crippen LogP contribution in [-0.4, -0.2) is 26.5 Å². The SMILES string of the molecule is CCS(=O)(=O)CCCNc1c(C)cccc1C. The Bertz CT molecular complexity index is 446. The second-order valence-electron chi connectivity index (χ2n) is 4.28. The molecule has 1 N–H and O–H groups in total. The maximum Gasteiger partial charge on any atom is 0.150 e. The molecule has 0 fully saturated rings. The number of rotatable bonds is 6. The van der Waals surface area contributed by atoms with E-state index in [0.29, 0.717) is 13.0 Å². The van der Waals surface area contributed by atoms with Crippen LogP contribution in [0.2, 0.25) is 0 Å². The van der Waals surface area contributed by atoms with E-state index in [1.807, 2.05) is 6.07 Å². The Hall–Kier alpha value is -1.03. The monoisotopic (exact) mass is 255 g/mol. The number of para-hydroxylation sites is 1. The fourth-order valence-corrected chi connectivity index (χ4v) is 2.62. The molecule has 4 heteroatoms. The first-order valence-corrected chi connectivity index (χ1v) is 7.79. The van der Waals surface area contributed by atoms with Crippen molar-refractivity contribution in [3.8, 4) is 0 Å². The summed E-state index contributed by atoms with van der Waals surface area (Å²) in [6.07, 6.45) is 0.657. The lowest BCUT2D eigenvalue weighted by atomic mass is 10.1. The molecule has 0 aliphatic heterocycles. The van der Waals surface area contributed by atoms with Gasteiger partial charge in [0.15, 0.2) is 0 Å². The Labute approximate surface area is 104 Å². The zero-order valence-corrected chi connectivity index (χ0v) is 11.6. The van der Waals surface area contributed by atoms with Crippen LogP contribution in [0.5, 0.6) is 0 Å². The molecule has 0 amide bonds. The van der Waals surface area contributed by atoms with Crippen LogP contribution < -0.4 is 5.32 Å². The van der Waals surface area contributed by atoms with Crippen LogP contribution in [0.4, 0.5) is 5.69 Å². The molecule has 0 unspecified atom stereocenters. The molecule has 0 aromatic heterocycles. The van der Waals surface area contributed by atoms with Gasteiger partial charge in [0.2, 0.25) is 0 Å². The summed E-state index contributed by atoms with van der Waals surface area (Å²) in [5.74, 6) is 0.498. The predicted octanol–water partition coefficient (Wildman–Crippen LogP) is 2.54. The first-order valence-electron chi connectivity index (χ1n) is 5.97. The molecule has 0 saturated carbocycles. The maximum absolute atomic E-state index is 11.3. The summed E-state index contributed by atoms with van der Waals surface area (Å²) in [6.45, 7) is 6.50. The van der Waals surface area contributed by atoms with E-state index in [0.717, 1.165) is 5.69 Å². The molecule has 0 bridgehead atoms. The molecule has 17 heavy (non-hydrogen) atoms. The number of sulfone groups is 1. The van der Waals surface area contributed by atoms with E-state index < -0.39 is 9.84 Å². The van der Waals surface area contributed by atoms with Crippen molar-refractivity contribution in [2.75, 3.05) is 23.4 Å². The van der Waals surface area contributed by atoms with Gasteiger partial charge in [0.1, 0.15) is 9.84 Å². The Kier molecular flexibility index (Phi) is 5.00. The molecule has 0 saturated heterocycles. The Morgan fingerprint density at radius 2 is 1.76 bits per heavy atom. The summed E-state index contributed by atoms with van der Waals surface area (Å²) in [5, 5.41) is 3.31. The first kappa shape index (κ1) is 14.0. The van der Waals surface area contributed by atoms with Crippen molar-refractivity contribution in [1.82, 2.24) is 0 Å². The molecule has 0 aliphatic rings. The van der Waals surface area contributed by atoms with Crippen molar-refractivity contribution in [1.29, 1.82) is 0 Å². The summed E-state index contributed by atoms with van der Waals surface area (Å²) < 4.78 is 22.6. The van der Waals surface area contributed by atoms with Crippen LogP contribution in [0, 0.1) is 13.8 Å². The van der Waals surface area contributed by atoms with Gasteiger partial charge in [0.05, 0.1) is 5.75 Å². The van der Waals surface area contributed by atoms with Crippen LogP contribution in [0.15, 0.2) is 18.2 Å². The van der Waals surface area contributed by atoms with Gasteiger partial charge in [-0.2, -0.15) is 0 Å². The lowest BCUT2D eigenvalue weighted by Crippen LogP contribution is -2.13. The normalized spacial score (nSPS) is 11.5. The average molecular weight is 255 g/mol. The average Bonchev–Trinajstić information content (AvgIpc) is 2.27. The number of aryl methyl sites for hydroxylation is 2. The molecule has 0 heterocycles. The lowest BCUT2D eigenvalue weighted by Gasteiger charge is -2.12. The summed E-state index contributed by atoms with van der Waals surface area (Å²) in [4.78, 5) is 0. The van der Waals surface area contributed by atoms with Gasteiger partial charge >= 0.3 is 0 Å². The highest BCUT2D eigenvalue weighted by Crippen LogP contribution is 2.19. The molecule has 1 aromatic carbocycles. The van der Waals surface area contributed by atoms with Gasteiger partial charge in [-0.1, -0.05) is 25.1 Å². The molecule has 0 atom stereocenters. The highest BCUT2D eigenvalue weighted by Gasteiger charge is 2.07. The quantitative estimate of drug-likeness (QED) is 0.795. The van der Waals surface area contributed by atoms with Crippen LogP contribution >= 0.6 is 0 Å². The lowest BCUT2D eigenvalue weighted by molar-refractivity contribution is 0.595. The van der Waals surface area contributed by atoms with Gasteiger partial charge in [-0.25, -0.2) is 8.42 Å². The van der Waals surface area contributed by atoms with E-state index in [-0.39, 0.29) is 11.5 Å². The minimum Gasteiger partial charge on any atom is -0.385 e. The van der Waals surface area contributed by atoms with Crippen molar-refractivity contribution in [3.05, 3.63) is 29.3 Å². The van der Waals surface area contributed by atoms with E-state index in [4.69, 9.17) is 0 Å². The standard InChI is InChI=1S/C13H21NO2S/c1-4-17(15,16)10-6-9-14-13-11(2)7-5-8-12(13)3/h5,7-8,14H,4,6,9-10H2,1-3H3.